The summed E-state index contributed by atoms with van der Waals surface area (Å²) in [6.07, 6.45) is 3.22. The summed E-state index contributed by atoms with van der Waals surface area (Å²) >= 11 is 0. The summed E-state index contributed by atoms with van der Waals surface area (Å²) in [6, 6.07) is 0. The maximum Gasteiger partial charge on any atom is 0.346 e. The van der Waals surface area contributed by atoms with Gasteiger partial charge in [0.1, 0.15) is 0 Å². The summed E-state index contributed by atoms with van der Waals surface area (Å²) in [7, 11) is -1.19. The molecule has 0 saturated carbocycles. The summed E-state index contributed by atoms with van der Waals surface area (Å²) in [5, 5.41) is 0. The fourth-order valence-corrected chi connectivity index (χ4v) is 0.573. The number of nitrogens with two attached hydrogens (primary N) is 1. The van der Waals surface area contributed by atoms with Gasteiger partial charge in [-0.1, -0.05) is 26.7 Å². The van der Waals surface area contributed by atoms with Crippen LogP contribution in [-0.2, 0) is 23.5 Å². The fraction of sp³-hybridized carbons (Fsp3) is 1.00. The Morgan fingerprint density at radius 2 is 1.80 bits per heavy atom. The molecule has 6 nitrogen and oxygen atoms in total. The summed E-state index contributed by atoms with van der Waals surface area (Å²) in [4.78, 5) is 8.70. The summed E-state index contributed by atoms with van der Waals surface area (Å²) in [5.74, 6) is 4.72. The number of hydrogen-bond acceptors (Lipinski definition) is 6. The van der Waals surface area contributed by atoms with Gasteiger partial charge in [0.25, 0.3) is 0 Å². The third kappa shape index (κ3) is 20.2. The van der Waals surface area contributed by atoms with Crippen LogP contribution in [0.3, 0.4) is 0 Å². The predicted molar refractivity (Wildman–Crippen MR) is 58.4 cm³/mol. The molecule has 0 aliphatic carbocycles. The lowest BCUT2D eigenvalue weighted by atomic mass is 10.4. The van der Waals surface area contributed by atoms with E-state index in [1.807, 2.05) is 0 Å². The average Bonchev–Trinajstić information content (AvgIpc) is 2.28. The van der Waals surface area contributed by atoms with Gasteiger partial charge < -0.3 is 9.36 Å². The molecule has 0 aromatic heterocycles. The van der Waals surface area contributed by atoms with Crippen molar-refractivity contribution in [3.05, 3.63) is 0 Å². The topological polar surface area (TPSA) is 80.0 Å². The van der Waals surface area contributed by atoms with Crippen LogP contribution in [0.15, 0.2) is 0 Å². The lowest BCUT2D eigenvalue weighted by Gasteiger charge is -2.00. The van der Waals surface area contributed by atoms with Crippen LogP contribution in [0.4, 0.5) is 0 Å². The largest absolute Gasteiger partial charge is 0.346 e. The van der Waals surface area contributed by atoms with Gasteiger partial charge in [-0.05, 0) is 6.42 Å². The van der Waals surface area contributed by atoms with E-state index < -0.39 is 8.25 Å². The van der Waals surface area contributed by atoms with Crippen LogP contribution in [0.5, 0.6) is 0 Å². The zero-order valence-corrected chi connectivity index (χ0v) is 10.7. The summed E-state index contributed by atoms with van der Waals surface area (Å²) in [5.41, 5.74) is 0. The van der Waals surface area contributed by atoms with Crippen molar-refractivity contribution in [1.29, 1.82) is 0 Å². The first-order chi connectivity index (χ1) is 7.22. The van der Waals surface area contributed by atoms with Crippen molar-refractivity contribution in [2.24, 2.45) is 5.90 Å². The highest BCUT2D eigenvalue weighted by Crippen LogP contribution is 2.21. The first-order valence-electron chi connectivity index (χ1n) is 4.91. The molecule has 0 amide bonds. The van der Waals surface area contributed by atoms with E-state index in [2.05, 4.69) is 32.8 Å². The van der Waals surface area contributed by atoms with Gasteiger partial charge in [-0.3, -0.25) is 4.57 Å². The summed E-state index contributed by atoms with van der Waals surface area (Å²) in [6.45, 7) is 5.01. The second-order valence-corrected chi connectivity index (χ2v) is 3.66. The lowest BCUT2D eigenvalue weighted by Crippen LogP contribution is -2.03. The van der Waals surface area contributed by atoms with E-state index in [1.54, 1.807) is 0 Å². The van der Waals surface area contributed by atoms with Crippen LogP contribution in [0.1, 0.15) is 33.1 Å². The average molecular weight is 243 g/mol. The van der Waals surface area contributed by atoms with Crippen LogP contribution < -0.4 is 5.90 Å². The Morgan fingerprint density at radius 1 is 1.20 bits per heavy atom. The molecule has 15 heavy (non-hydrogen) atoms. The van der Waals surface area contributed by atoms with Gasteiger partial charge in [0, 0.05) is 7.11 Å². The van der Waals surface area contributed by atoms with E-state index >= 15 is 0 Å². The minimum absolute atomic E-state index is 0.275. The Kier molecular flexibility index (Phi) is 19.1. The van der Waals surface area contributed by atoms with Crippen LogP contribution in [0.25, 0.3) is 0 Å². The maximum atomic E-state index is 10.4. The SMILES string of the molecule is CCCC.CO[PH](=O)OOCCCON. The molecule has 0 rings (SSSR count). The fourth-order valence-electron chi connectivity index (χ4n) is 0.325. The molecule has 0 bridgehead atoms. The molecule has 0 radical (unpaired) electrons. The van der Waals surface area contributed by atoms with Gasteiger partial charge in [0.15, 0.2) is 0 Å². The van der Waals surface area contributed by atoms with Crippen molar-refractivity contribution < 1.29 is 23.5 Å². The molecule has 0 aromatic rings. The van der Waals surface area contributed by atoms with Crippen molar-refractivity contribution in [2.75, 3.05) is 20.3 Å². The van der Waals surface area contributed by atoms with Crippen LogP contribution in [-0.4, -0.2) is 20.3 Å². The van der Waals surface area contributed by atoms with E-state index in [0.29, 0.717) is 13.0 Å². The molecule has 0 aromatic carbocycles. The normalized spacial score (nSPS) is 11.7. The highest BCUT2D eigenvalue weighted by Gasteiger charge is 1.95. The zero-order chi connectivity index (χ0) is 11.9. The smallest absolute Gasteiger partial charge is 0.312 e. The lowest BCUT2D eigenvalue weighted by molar-refractivity contribution is -0.211. The van der Waals surface area contributed by atoms with Crippen molar-refractivity contribution in [2.45, 2.75) is 33.1 Å². The predicted octanol–water partition coefficient (Wildman–Crippen LogP) is 2.06. The molecule has 1 atom stereocenters. The van der Waals surface area contributed by atoms with E-state index in [-0.39, 0.29) is 6.61 Å². The third-order valence-electron chi connectivity index (χ3n) is 1.28. The van der Waals surface area contributed by atoms with Crippen molar-refractivity contribution >= 4 is 8.25 Å². The van der Waals surface area contributed by atoms with Crippen molar-refractivity contribution in [3.63, 3.8) is 0 Å². The third-order valence-corrected chi connectivity index (χ3v) is 1.87. The van der Waals surface area contributed by atoms with Crippen LogP contribution >= 0.6 is 8.25 Å². The molecule has 0 saturated heterocycles. The molecule has 0 fully saturated rings. The number of unbranched alkanes of at least 4 members (excludes halogenated alkanes) is 1. The Hall–Kier alpha value is 0.0300. The van der Waals surface area contributed by atoms with Gasteiger partial charge in [-0.15, -0.1) is 0 Å². The van der Waals surface area contributed by atoms with Gasteiger partial charge in [-0.2, -0.15) is 4.67 Å². The quantitative estimate of drug-likeness (QED) is 0.304. The Morgan fingerprint density at radius 3 is 2.20 bits per heavy atom. The molecule has 7 heteroatoms. The van der Waals surface area contributed by atoms with E-state index in [0.717, 1.165) is 0 Å². The first kappa shape index (κ1) is 17.4. The molecular formula is C8H22NO5P. The van der Waals surface area contributed by atoms with Crippen LogP contribution in [0, 0.1) is 0 Å². The van der Waals surface area contributed by atoms with Crippen molar-refractivity contribution in [1.82, 2.24) is 0 Å². The van der Waals surface area contributed by atoms with Crippen molar-refractivity contribution in [3.8, 4) is 0 Å². The Labute approximate surface area is 91.9 Å². The standard InChI is InChI=1S/C4H12NO5P.C4H10/c1-7-11(6)10-9-4-2-3-8-5;1-3-4-2/h11H,2-5H2,1H3;3-4H2,1-2H3. The van der Waals surface area contributed by atoms with Gasteiger partial charge >= 0.3 is 8.25 Å². The molecule has 94 valence electrons. The Balaban J connectivity index is 0. The molecule has 0 aliphatic rings. The maximum absolute atomic E-state index is 10.4. The molecule has 0 spiro atoms. The number of rotatable bonds is 8. The monoisotopic (exact) mass is 243 g/mol. The highest BCUT2D eigenvalue weighted by atomic mass is 31.1. The number of hydrogen-bond donors (Lipinski definition) is 1. The molecule has 0 aliphatic heterocycles. The molecular weight excluding hydrogens is 221 g/mol. The zero-order valence-electron chi connectivity index (χ0n) is 9.65. The van der Waals surface area contributed by atoms with Gasteiger partial charge in [-0.25, -0.2) is 10.8 Å². The molecule has 1 unspecified atom stereocenters. The molecule has 0 heterocycles. The van der Waals surface area contributed by atoms with E-state index in [9.17, 15) is 4.57 Å². The van der Waals surface area contributed by atoms with Gasteiger partial charge in [0.2, 0.25) is 0 Å². The highest BCUT2D eigenvalue weighted by molar-refractivity contribution is 7.33. The second-order valence-electron chi connectivity index (χ2n) is 2.58. The first-order valence-corrected chi connectivity index (χ1v) is 6.14. The minimum Gasteiger partial charge on any atom is -0.312 e. The van der Waals surface area contributed by atoms with Crippen LogP contribution in [0.2, 0.25) is 0 Å². The van der Waals surface area contributed by atoms with E-state index in [4.69, 9.17) is 5.90 Å². The minimum atomic E-state index is -2.46. The van der Waals surface area contributed by atoms with Gasteiger partial charge in [0.05, 0.1) is 13.2 Å². The molecule has 2 N–H and O–H groups in total. The van der Waals surface area contributed by atoms with E-state index in [1.165, 1.54) is 20.0 Å². The Bertz CT molecular complexity index is 134. The second kappa shape index (κ2) is 16.5. The summed E-state index contributed by atoms with van der Waals surface area (Å²) < 4.78 is 19.0.